The summed E-state index contributed by atoms with van der Waals surface area (Å²) in [6.45, 7) is 4.27. The third-order valence-corrected chi connectivity index (χ3v) is 5.06. The average molecular weight is 438 g/mol. The van der Waals surface area contributed by atoms with Crippen LogP contribution >= 0.6 is 0 Å². The molecule has 0 saturated heterocycles. The number of hydrogen-bond donors (Lipinski definition) is 3. The monoisotopic (exact) mass is 438 g/mol. The van der Waals surface area contributed by atoms with Crippen molar-refractivity contribution < 1.29 is 47.7 Å². The van der Waals surface area contributed by atoms with Crippen molar-refractivity contribution in [2.45, 2.75) is 57.1 Å². The number of nitrogens with one attached hydrogen (secondary N) is 1. The zero-order valence-electron chi connectivity index (χ0n) is 16.2. The van der Waals surface area contributed by atoms with Gasteiger partial charge in [-0.05, 0) is 31.7 Å². The van der Waals surface area contributed by atoms with E-state index in [0.717, 1.165) is 38.6 Å². The number of fused-ring (bicyclic) bond motifs is 1. The SMILES string of the molecule is COCC1[N-]CCc2cc(C)ccc21.OCNCC1(O)CCCCC1.[Y]. The van der Waals surface area contributed by atoms with E-state index in [9.17, 15) is 5.11 Å². The van der Waals surface area contributed by atoms with Crippen LogP contribution in [0.2, 0.25) is 0 Å². The van der Waals surface area contributed by atoms with Crippen LogP contribution in [0.5, 0.6) is 0 Å². The number of aliphatic hydroxyl groups excluding tert-OH is 1. The Bertz CT molecular complexity index is 522. The molecular formula is C20H33N2O3Y-. The maximum absolute atomic E-state index is 9.83. The zero-order valence-corrected chi connectivity index (χ0v) is 19.0. The number of rotatable bonds is 5. The summed E-state index contributed by atoms with van der Waals surface area (Å²) < 4.78 is 5.17. The summed E-state index contributed by atoms with van der Waals surface area (Å²) in [5.41, 5.74) is 3.59. The minimum absolute atomic E-state index is 0. The standard InChI is InChI=1S/C12H16NO.C8H17NO2.Y/c1-9-3-4-11-10(7-9)5-6-13-12(11)8-14-2;10-7-9-6-8(11)4-2-1-3-5-8;/h3-4,7,12H,5-6,8H2,1-2H3;9-11H,1-7H2;/q-1;;. The van der Waals surface area contributed by atoms with Crippen molar-refractivity contribution in [3.63, 3.8) is 0 Å². The minimum Gasteiger partial charge on any atom is -0.654 e. The van der Waals surface area contributed by atoms with Gasteiger partial charge in [-0.3, -0.25) is 5.32 Å². The van der Waals surface area contributed by atoms with E-state index in [1.54, 1.807) is 7.11 Å². The van der Waals surface area contributed by atoms with Crippen LogP contribution in [-0.2, 0) is 43.9 Å². The predicted molar refractivity (Wildman–Crippen MR) is 101 cm³/mol. The molecule has 0 amide bonds. The Morgan fingerprint density at radius 1 is 1.27 bits per heavy atom. The third kappa shape index (κ3) is 7.63. The van der Waals surface area contributed by atoms with E-state index in [-0.39, 0.29) is 45.5 Å². The Labute approximate surface area is 183 Å². The van der Waals surface area contributed by atoms with Gasteiger partial charge in [-0.2, -0.15) is 0 Å². The van der Waals surface area contributed by atoms with Crippen LogP contribution in [0, 0.1) is 6.92 Å². The molecule has 1 aromatic rings. The number of benzene rings is 1. The van der Waals surface area contributed by atoms with E-state index >= 15 is 0 Å². The number of hydrogen-bond acceptors (Lipinski definition) is 4. The fourth-order valence-electron chi connectivity index (χ4n) is 3.69. The second-order valence-electron chi connectivity index (χ2n) is 7.20. The molecule has 0 bridgehead atoms. The van der Waals surface area contributed by atoms with E-state index in [0.29, 0.717) is 13.2 Å². The molecule has 6 heteroatoms. The molecular weight excluding hydrogens is 405 g/mol. The summed E-state index contributed by atoms with van der Waals surface area (Å²) in [6.07, 6.45) is 6.30. The molecule has 1 aromatic carbocycles. The van der Waals surface area contributed by atoms with Crippen LogP contribution in [0.3, 0.4) is 0 Å². The quantitative estimate of drug-likeness (QED) is 0.618. The van der Waals surface area contributed by atoms with Gasteiger partial charge in [0.1, 0.15) is 0 Å². The van der Waals surface area contributed by atoms with Gasteiger partial charge < -0.3 is 20.3 Å². The predicted octanol–water partition coefficient (Wildman–Crippen LogP) is 2.83. The molecule has 1 aliphatic carbocycles. The van der Waals surface area contributed by atoms with Crippen LogP contribution in [-0.4, -0.2) is 49.4 Å². The second-order valence-corrected chi connectivity index (χ2v) is 7.20. The molecule has 1 unspecified atom stereocenters. The van der Waals surface area contributed by atoms with Crippen molar-refractivity contribution in [3.05, 3.63) is 40.2 Å². The van der Waals surface area contributed by atoms with Crippen molar-refractivity contribution in [2.24, 2.45) is 0 Å². The number of aliphatic hydroxyl groups is 2. The molecule has 1 radical (unpaired) electrons. The first-order valence-electron chi connectivity index (χ1n) is 9.37. The van der Waals surface area contributed by atoms with Gasteiger partial charge in [-0.1, -0.05) is 54.6 Å². The smallest absolute Gasteiger partial charge is 0.0932 e. The average Bonchev–Trinajstić information content (AvgIpc) is 2.61. The second kappa shape index (κ2) is 12.6. The largest absolute Gasteiger partial charge is 0.654 e. The van der Waals surface area contributed by atoms with Gasteiger partial charge in [0, 0.05) is 53.0 Å². The van der Waals surface area contributed by atoms with Gasteiger partial charge in [0.15, 0.2) is 0 Å². The first-order chi connectivity index (χ1) is 12.1. The van der Waals surface area contributed by atoms with E-state index < -0.39 is 5.60 Å². The van der Waals surface area contributed by atoms with E-state index in [1.807, 2.05) is 0 Å². The molecule has 1 aliphatic heterocycles. The van der Waals surface area contributed by atoms with Gasteiger partial charge in [0.05, 0.1) is 12.3 Å². The number of ether oxygens (including phenoxy) is 1. The summed E-state index contributed by atoms with van der Waals surface area (Å²) in [5.74, 6) is 0. The first kappa shape index (κ1) is 24.2. The van der Waals surface area contributed by atoms with Gasteiger partial charge in [0.25, 0.3) is 0 Å². The number of nitrogens with zero attached hydrogens (tertiary/aromatic N) is 1. The molecule has 0 aromatic heterocycles. The fourth-order valence-corrected chi connectivity index (χ4v) is 3.69. The van der Waals surface area contributed by atoms with Crippen molar-refractivity contribution in [2.75, 3.05) is 33.5 Å². The normalized spacial score (nSPS) is 21.0. The van der Waals surface area contributed by atoms with Gasteiger partial charge in [-0.25, -0.2) is 0 Å². The molecule has 3 N–H and O–H groups in total. The van der Waals surface area contributed by atoms with Crippen molar-refractivity contribution in [1.82, 2.24) is 5.32 Å². The molecule has 145 valence electrons. The van der Waals surface area contributed by atoms with Crippen LogP contribution < -0.4 is 5.32 Å². The van der Waals surface area contributed by atoms with Crippen LogP contribution in [0.1, 0.15) is 54.8 Å². The minimum atomic E-state index is -0.541. The number of methoxy groups -OCH3 is 1. The molecule has 2 aliphatic rings. The van der Waals surface area contributed by atoms with Gasteiger partial charge in [-0.15, -0.1) is 6.54 Å². The Hall–Kier alpha value is 0.124. The molecule has 1 atom stereocenters. The Balaban J connectivity index is 0.000000258. The molecule has 1 saturated carbocycles. The Kier molecular flexibility index (Phi) is 11.7. The maximum Gasteiger partial charge on any atom is 0.0932 e. The summed E-state index contributed by atoms with van der Waals surface area (Å²) in [5, 5.41) is 25.6. The Morgan fingerprint density at radius 3 is 2.65 bits per heavy atom. The fraction of sp³-hybridized carbons (Fsp3) is 0.700. The molecule has 1 fully saturated rings. The van der Waals surface area contributed by atoms with Crippen molar-refractivity contribution in [1.29, 1.82) is 0 Å². The molecule has 0 spiro atoms. The molecule has 5 nitrogen and oxygen atoms in total. The van der Waals surface area contributed by atoms with Crippen molar-refractivity contribution in [3.8, 4) is 0 Å². The van der Waals surface area contributed by atoms with E-state index in [1.165, 1.54) is 23.1 Å². The summed E-state index contributed by atoms with van der Waals surface area (Å²) in [7, 11) is 1.73. The molecule has 1 heterocycles. The van der Waals surface area contributed by atoms with E-state index in [2.05, 4.69) is 35.8 Å². The summed E-state index contributed by atoms with van der Waals surface area (Å²) in [6, 6.07) is 6.87. The van der Waals surface area contributed by atoms with Crippen LogP contribution in [0.25, 0.3) is 5.32 Å². The summed E-state index contributed by atoms with van der Waals surface area (Å²) >= 11 is 0. The maximum atomic E-state index is 9.83. The third-order valence-electron chi connectivity index (χ3n) is 5.06. The molecule has 26 heavy (non-hydrogen) atoms. The number of aryl methyl sites for hydroxylation is 1. The molecule has 3 rings (SSSR count). The topological polar surface area (TPSA) is 75.8 Å². The van der Waals surface area contributed by atoms with Crippen molar-refractivity contribution >= 4 is 0 Å². The van der Waals surface area contributed by atoms with Crippen LogP contribution in [0.15, 0.2) is 18.2 Å². The van der Waals surface area contributed by atoms with Crippen LogP contribution in [0.4, 0.5) is 0 Å². The zero-order chi connectivity index (χ0) is 18.1. The first-order valence-corrected chi connectivity index (χ1v) is 9.37. The van der Waals surface area contributed by atoms with E-state index in [4.69, 9.17) is 9.84 Å². The Morgan fingerprint density at radius 2 is 2.00 bits per heavy atom. The van der Waals surface area contributed by atoms with Gasteiger partial charge >= 0.3 is 0 Å². The van der Waals surface area contributed by atoms with Gasteiger partial charge in [0.2, 0.25) is 0 Å². The summed E-state index contributed by atoms with van der Waals surface area (Å²) in [4.78, 5) is 0.